The maximum absolute atomic E-state index is 13.5. The quantitative estimate of drug-likeness (QED) is 0.362. The number of hydrogen-bond donors (Lipinski definition) is 1. The van der Waals surface area contributed by atoms with Crippen molar-refractivity contribution in [3.8, 4) is 28.3 Å². The first-order valence-corrected chi connectivity index (χ1v) is 12.9. The number of nitrogens with zero attached hydrogens (tertiary/aromatic N) is 6. The molecule has 35 heavy (non-hydrogen) atoms. The van der Waals surface area contributed by atoms with Crippen LogP contribution in [-0.2, 0) is 13.0 Å². The fourth-order valence-electron chi connectivity index (χ4n) is 5.17. The number of aryl methyl sites for hydroxylation is 2. The summed E-state index contributed by atoms with van der Waals surface area (Å²) in [5, 5.41) is 14.4. The summed E-state index contributed by atoms with van der Waals surface area (Å²) in [6.07, 6.45) is 14.6. The number of rotatable bonds is 9. The Morgan fingerprint density at radius 2 is 1.91 bits per heavy atom. The molecule has 182 valence electrons. The average Bonchev–Trinajstić information content (AvgIpc) is 3.55. The molecule has 0 unspecified atom stereocenters. The number of benzene rings is 1. The highest BCUT2D eigenvalue weighted by atomic mass is 16.1. The fraction of sp³-hybridized carbons (Fsp3) is 0.444. The third-order valence-corrected chi connectivity index (χ3v) is 7.11. The molecule has 0 bridgehead atoms. The lowest BCUT2D eigenvalue weighted by molar-refractivity contribution is 0.322. The maximum atomic E-state index is 13.5. The van der Waals surface area contributed by atoms with E-state index in [1.165, 1.54) is 32.1 Å². The highest BCUT2D eigenvalue weighted by Gasteiger charge is 2.17. The minimum Gasteiger partial charge on any atom is -0.299 e. The van der Waals surface area contributed by atoms with Crippen molar-refractivity contribution >= 4 is 0 Å². The predicted molar refractivity (Wildman–Crippen MR) is 136 cm³/mol. The van der Waals surface area contributed by atoms with E-state index in [4.69, 9.17) is 0 Å². The van der Waals surface area contributed by atoms with Gasteiger partial charge in [0.15, 0.2) is 0 Å². The number of aromatic nitrogens is 7. The number of imidazole rings is 1. The van der Waals surface area contributed by atoms with Crippen LogP contribution in [0.1, 0.15) is 64.0 Å². The van der Waals surface area contributed by atoms with Gasteiger partial charge in [-0.25, -0.2) is 4.79 Å². The largest absolute Gasteiger partial charge is 0.332 e. The molecule has 0 spiro atoms. The Balaban J connectivity index is 1.43. The zero-order chi connectivity index (χ0) is 24.0. The molecular weight excluding hydrogens is 438 g/mol. The van der Waals surface area contributed by atoms with Crippen molar-refractivity contribution in [3.05, 3.63) is 65.0 Å². The van der Waals surface area contributed by atoms with Crippen molar-refractivity contribution in [2.24, 2.45) is 5.92 Å². The Labute approximate surface area is 205 Å². The molecule has 4 aromatic rings. The van der Waals surface area contributed by atoms with Gasteiger partial charge in [-0.2, -0.15) is 5.21 Å². The molecule has 1 N–H and O–H groups in total. The Hall–Kier alpha value is -3.55. The smallest absolute Gasteiger partial charge is 0.299 e. The second-order valence-electron chi connectivity index (χ2n) is 9.51. The number of hydrogen-bond acceptors (Lipinski definition) is 5. The number of aromatic amines is 1. The molecule has 0 saturated heterocycles. The van der Waals surface area contributed by atoms with E-state index in [0.717, 1.165) is 66.3 Å². The van der Waals surface area contributed by atoms with Crippen molar-refractivity contribution in [1.29, 1.82) is 0 Å². The molecule has 1 aliphatic carbocycles. The van der Waals surface area contributed by atoms with Crippen LogP contribution in [0.2, 0.25) is 0 Å². The van der Waals surface area contributed by atoms with Gasteiger partial charge in [-0.05, 0) is 54.7 Å². The zero-order valence-corrected chi connectivity index (χ0v) is 20.4. The van der Waals surface area contributed by atoms with Crippen molar-refractivity contribution < 1.29 is 0 Å². The number of pyridine rings is 1. The van der Waals surface area contributed by atoms with E-state index in [9.17, 15) is 4.79 Å². The predicted octanol–water partition coefficient (Wildman–Crippen LogP) is 5.19. The van der Waals surface area contributed by atoms with Crippen molar-refractivity contribution in [3.63, 3.8) is 0 Å². The zero-order valence-electron chi connectivity index (χ0n) is 20.4. The number of H-pyrrole nitrogens is 1. The minimum absolute atomic E-state index is 0.0602. The average molecular weight is 472 g/mol. The van der Waals surface area contributed by atoms with Crippen LogP contribution in [0.4, 0.5) is 0 Å². The van der Waals surface area contributed by atoms with E-state index < -0.39 is 0 Å². The summed E-state index contributed by atoms with van der Waals surface area (Å²) in [4.78, 5) is 18.0. The minimum atomic E-state index is 0.0602. The van der Waals surface area contributed by atoms with Gasteiger partial charge in [0.2, 0.25) is 5.82 Å². The number of nitrogens with one attached hydrogen (secondary N) is 1. The Bertz CT molecular complexity index is 1280. The van der Waals surface area contributed by atoms with Gasteiger partial charge < -0.3 is 0 Å². The second kappa shape index (κ2) is 10.8. The summed E-state index contributed by atoms with van der Waals surface area (Å²) in [7, 11) is 0. The van der Waals surface area contributed by atoms with Gasteiger partial charge in [-0.3, -0.25) is 14.1 Å². The van der Waals surface area contributed by atoms with Crippen LogP contribution in [0.5, 0.6) is 0 Å². The summed E-state index contributed by atoms with van der Waals surface area (Å²) >= 11 is 0. The van der Waals surface area contributed by atoms with Crippen LogP contribution >= 0.6 is 0 Å². The second-order valence-corrected chi connectivity index (χ2v) is 9.51. The molecule has 0 amide bonds. The third kappa shape index (κ3) is 5.11. The topological polar surface area (TPSA) is 94.3 Å². The Kier molecular flexibility index (Phi) is 7.16. The molecule has 0 radical (unpaired) electrons. The van der Waals surface area contributed by atoms with Gasteiger partial charge in [-0.1, -0.05) is 57.6 Å². The molecule has 1 aromatic carbocycles. The van der Waals surface area contributed by atoms with E-state index in [-0.39, 0.29) is 5.69 Å². The molecular formula is C27H33N7O. The first-order chi connectivity index (χ1) is 17.2. The van der Waals surface area contributed by atoms with Crippen LogP contribution in [0.25, 0.3) is 28.3 Å². The van der Waals surface area contributed by atoms with E-state index in [0.29, 0.717) is 5.82 Å². The number of unbranched alkanes of at least 4 members (excludes halogenated alkanes) is 1. The molecule has 8 nitrogen and oxygen atoms in total. The molecule has 8 heteroatoms. The van der Waals surface area contributed by atoms with E-state index >= 15 is 0 Å². The summed E-state index contributed by atoms with van der Waals surface area (Å²) in [6.45, 7) is 2.99. The van der Waals surface area contributed by atoms with Crippen molar-refractivity contribution in [1.82, 2.24) is 34.7 Å². The summed E-state index contributed by atoms with van der Waals surface area (Å²) in [5.41, 5.74) is 4.56. The summed E-state index contributed by atoms with van der Waals surface area (Å²) < 4.78 is 3.82. The molecule has 1 fully saturated rings. The van der Waals surface area contributed by atoms with Gasteiger partial charge >= 0.3 is 5.69 Å². The van der Waals surface area contributed by atoms with Crippen LogP contribution in [0, 0.1) is 5.92 Å². The molecule has 0 aliphatic heterocycles. The van der Waals surface area contributed by atoms with Crippen LogP contribution in [-0.4, -0.2) is 34.7 Å². The lowest BCUT2D eigenvalue weighted by atomic mass is 9.87. The first kappa shape index (κ1) is 23.2. The molecule has 1 aliphatic rings. The standard InChI is InChI=1S/C27H33N7O/c1-2-3-10-23-19-33(18-16-20-8-5-4-6-9-20)27(35)34(23)22-14-12-21(13-15-22)25-24(11-7-17-28-25)26-29-31-32-30-26/h7,11-15,17,19-20H,2-6,8-10,16,18H2,1H3,(H,29,30,31,32). The molecule has 5 rings (SSSR count). The SMILES string of the molecule is CCCCc1cn(CCC2CCCCC2)c(=O)n1-c1ccc(-c2ncccc2-c2nn[nH]n2)cc1. The normalized spacial score (nSPS) is 14.4. The number of tetrazole rings is 1. The monoisotopic (exact) mass is 471 g/mol. The lowest BCUT2D eigenvalue weighted by Gasteiger charge is -2.21. The fourth-order valence-corrected chi connectivity index (χ4v) is 5.17. The van der Waals surface area contributed by atoms with E-state index in [1.54, 1.807) is 6.20 Å². The summed E-state index contributed by atoms with van der Waals surface area (Å²) in [5.74, 6) is 1.26. The van der Waals surface area contributed by atoms with E-state index in [2.05, 4.69) is 38.7 Å². The lowest BCUT2D eigenvalue weighted by Crippen LogP contribution is -2.25. The molecule has 1 saturated carbocycles. The van der Waals surface area contributed by atoms with Crippen molar-refractivity contribution in [2.75, 3.05) is 0 Å². The first-order valence-electron chi connectivity index (χ1n) is 12.9. The van der Waals surface area contributed by atoms with E-state index in [1.807, 2.05) is 45.5 Å². The van der Waals surface area contributed by atoms with Gasteiger partial charge in [0, 0.05) is 35.8 Å². The van der Waals surface area contributed by atoms with Crippen molar-refractivity contribution in [2.45, 2.75) is 71.3 Å². The van der Waals surface area contributed by atoms with Gasteiger partial charge in [-0.15, -0.1) is 10.2 Å². The Morgan fingerprint density at radius 1 is 1.09 bits per heavy atom. The van der Waals surface area contributed by atoms with Crippen LogP contribution in [0.3, 0.4) is 0 Å². The van der Waals surface area contributed by atoms with Gasteiger partial charge in [0.25, 0.3) is 0 Å². The molecule has 3 aromatic heterocycles. The summed E-state index contributed by atoms with van der Waals surface area (Å²) in [6, 6.07) is 11.8. The maximum Gasteiger partial charge on any atom is 0.332 e. The molecule has 0 atom stereocenters. The van der Waals surface area contributed by atoms with Crippen LogP contribution in [0.15, 0.2) is 53.6 Å². The van der Waals surface area contributed by atoms with Crippen LogP contribution < -0.4 is 5.69 Å². The molecule has 3 heterocycles. The third-order valence-electron chi connectivity index (χ3n) is 7.11. The highest BCUT2D eigenvalue weighted by molar-refractivity contribution is 5.77. The highest BCUT2D eigenvalue weighted by Crippen LogP contribution is 2.29. The van der Waals surface area contributed by atoms with Gasteiger partial charge in [0.1, 0.15) is 0 Å². The van der Waals surface area contributed by atoms with Gasteiger partial charge in [0.05, 0.1) is 11.4 Å². The Morgan fingerprint density at radius 3 is 2.66 bits per heavy atom.